The molecule has 1 aromatic heterocycles. The van der Waals surface area contributed by atoms with Crippen LogP contribution in [0.15, 0.2) is 18.2 Å². The number of nitrogens with zero attached hydrogens (tertiary/aromatic N) is 1. The molecule has 0 spiro atoms. The van der Waals surface area contributed by atoms with Gasteiger partial charge in [-0.2, -0.15) is 0 Å². The van der Waals surface area contributed by atoms with Crippen molar-refractivity contribution in [3.8, 4) is 0 Å². The van der Waals surface area contributed by atoms with Crippen LogP contribution in [0.2, 0.25) is 5.02 Å². The summed E-state index contributed by atoms with van der Waals surface area (Å²) in [5.74, 6) is 0.810. The Morgan fingerprint density at radius 2 is 2.05 bits per heavy atom. The average molecular weight is 277 g/mol. The van der Waals surface area contributed by atoms with Gasteiger partial charge in [0.15, 0.2) is 0 Å². The van der Waals surface area contributed by atoms with Crippen LogP contribution in [0.5, 0.6) is 0 Å². The van der Waals surface area contributed by atoms with Gasteiger partial charge in [-0.15, -0.1) is 0 Å². The normalized spacial score (nSPS) is 17.2. The first-order chi connectivity index (χ1) is 9.16. The molecule has 1 aliphatic heterocycles. The van der Waals surface area contributed by atoms with Crippen molar-refractivity contribution in [2.45, 2.75) is 26.2 Å². The molecule has 0 radical (unpaired) electrons. The number of halogens is 1. The summed E-state index contributed by atoms with van der Waals surface area (Å²) in [6.07, 6.45) is 3.76. The lowest BCUT2D eigenvalue weighted by Gasteiger charge is -2.22. The van der Waals surface area contributed by atoms with E-state index in [0.29, 0.717) is 0 Å². The van der Waals surface area contributed by atoms with Gasteiger partial charge in [-0.1, -0.05) is 11.6 Å². The van der Waals surface area contributed by atoms with Gasteiger partial charge in [0.1, 0.15) is 0 Å². The van der Waals surface area contributed by atoms with E-state index in [9.17, 15) is 0 Å². The molecule has 19 heavy (non-hydrogen) atoms. The molecule has 1 saturated heterocycles. The zero-order chi connectivity index (χ0) is 13.4. The monoisotopic (exact) mass is 276 g/mol. The number of aromatic nitrogens is 1. The maximum absolute atomic E-state index is 6.18. The van der Waals surface area contributed by atoms with Gasteiger partial charge in [-0.25, -0.2) is 0 Å². The number of hydrogen-bond acceptors (Lipinski definition) is 1. The fourth-order valence-corrected chi connectivity index (χ4v) is 3.42. The second kappa shape index (κ2) is 5.18. The Balaban J connectivity index is 2.01. The molecule has 3 heteroatoms. The molecule has 102 valence electrons. The van der Waals surface area contributed by atoms with Gasteiger partial charge in [0.2, 0.25) is 0 Å². The molecule has 0 unspecified atom stereocenters. The Kier molecular flexibility index (Phi) is 3.55. The minimum absolute atomic E-state index is 0.810. The van der Waals surface area contributed by atoms with Gasteiger partial charge < -0.3 is 9.88 Å². The summed E-state index contributed by atoms with van der Waals surface area (Å²) in [6.45, 7) is 4.55. The summed E-state index contributed by atoms with van der Waals surface area (Å²) in [5, 5.41) is 5.62. The van der Waals surface area contributed by atoms with E-state index >= 15 is 0 Å². The van der Waals surface area contributed by atoms with Crippen LogP contribution in [-0.2, 0) is 13.5 Å². The van der Waals surface area contributed by atoms with Crippen molar-refractivity contribution >= 4 is 22.5 Å². The van der Waals surface area contributed by atoms with Crippen molar-refractivity contribution in [2.24, 2.45) is 13.0 Å². The van der Waals surface area contributed by atoms with Crippen molar-refractivity contribution in [3.05, 3.63) is 34.5 Å². The standard InChI is InChI=1S/C16H21ClN2/c1-11-14(9-12-5-7-18-8-6-12)15-10-13(17)3-4-16(15)19(11)2/h3-4,10,12,18H,5-9H2,1-2H3. The minimum Gasteiger partial charge on any atom is -0.348 e. The Hall–Kier alpha value is -0.990. The maximum Gasteiger partial charge on any atom is 0.0483 e. The van der Waals surface area contributed by atoms with Crippen LogP contribution in [-0.4, -0.2) is 17.7 Å². The van der Waals surface area contributed by atoms with Crippen molar-refractivity contribution in [1.29, 1.82) is 0 Å². The molecule has 3 rings (SSSR count). The summed E-state index contributed by atoms with van der Waals surface area (Å²) >= 11 is 6.18. The highest BCUT2D eigenvalue weighted by Crippen LogP contribution is 2.31. The van der Waals surface area contributed by atoms with E-state index in [0.717, 1.165) is 24.0 Å². The third-order valence-electron chi connectivity index (χ3n) is 4.54. The van der Waals surface area contributed by atoms with Crippen LogP contribution < -0.4 is 5.32 Å². The number of nitrogens with one attached hydrogen (secondary N) is 1. The summed E-state index contributed by atoms with van der Waals surface area (Å²) in [7, 11) is 2.15. The summed E-state index contributed by atoms with van der Waals surface area (Å²) in [4.78, 5) is 0. The van der Waals surface area contributed by atoms with Gasteiger partial charge >= 0.3 is 0 Å². The Morgan fingerprint density at radius 1 is 1.32 bits per heavy atom. The molecule has 1 aliphatic rings. The van der Waals surface area contributed by atoms with Crippen LogP contribution >= 0.6 is 11.6 Å². The zero-order valence-electron chi connectivity index (χ0n) is 11.7. The fourth-order valence-electron chi connectivity index (χ4n) is 3.25. The van der Waals surface area contributed by atoms with Gasteiger partial charge in [0.05, 0.1) is 0 Å². The van der Waals surface area contributed by atoms with Crippen molar-refractivity contribution in [3.63, 3.8) is 0 Å². The molecular weight excluding hydrogens is 256 g/mol. The number of hydrogen-bond donors (Lipinski definition) is 1. The highest BCUT2D eigenvalue weighted by atomic mass is 35.5. The van der Waals surface area contributed by atoms with E-state index in [4.69, 9.17) is 11.6 Å². The van der Waals surface area contributed by atoms with Gasteiger partial charge in [-0.05, 0) is 69.0 Å². The van der Waals surface area contributed by atoms with Gasteiger partial charge in [0.25, 0.3) is 0 Å². The molecule has 2 heterocycles. The molecule has 1 aromatic carbocycles. The Morgan fingerprint density at radius 3 is 2.79 bits per heavy atom. The maximum atomic E-state index is 6.18. The molecular formula is C16H21ClN2. The fraction of sp³-hybridized carbons (Fsp3) is 0.500. The van der Waals surface area contributed by atoms with E-state index < -0.39 is 0 Å². The second-order valence-corrected chi connectivity index (χ2v) is 6.12. The summed E-state index contributed by atoms with van der Waals surface area (Å²) in [6, 6.07) is 6.24. The van der Waals surface area contributed by atoms with E-state index in [-0.39, 0.29) is 0 Å². The average Bonchev–Trinajstić information content (AvgIpc) is 2.65. The van der Waals surface area contributed by atoms with Crippen LogP contribution in [0.4, 0.5) is 0 Å². The molecule has 0 atom stereocenters. The smallest absolute Gasteiger partial charge is 0.0483 e. The Bertz CT molecular complexity index is 594. The SMILES string of the molecule is Cc1c(CC2CCNCC2)c2cc(Cl)ccc2n1C. The van der Waals surface area contributed by atoms with Crippen molar-refractivity contribution in [1.82, 2.24) is 9.88 Å². The summed E-state index contributed by atoms with van der Waals surface area (Å²) < 4.78 is 2.29. The molecule has 0 bridgehead atoms. The second-order valence-electron chi connectivity index (χ2n) is 5.68. The first kappa shape index (κ1) is 13.0. The quantitative estimate of drug-likeness (QED) is 0.885. The third-order valence-corrected chi connectivity index (χ3v) is 4.77. The lowest BCUT2D eigenvalue weighted by Crippen LogP contribution is -2.28. The number of benzene rings is 1. The third kappa shape index (κ3) is 2.39. The topological polar surface area (TPSA) is 17.0 Å². The first-order valence-electron chi connectivity index (χ1n) is 7.11. The van der Waals surface area contributed by atoms with E-state index in [1.54, 1.807) is 0 Å². The highest BCUT2D eigenvalue weighted by molar-refractivity contribution is 6.31. The Labute approximate surface area is 119 Å². The number of piperidine rings is 1. The van der Waals surface area contributed by atoms with E-state index in [2.05, 4.69) is 36.0 Å². The van der Waals surface area contributed by atoms with Crippen molar-refractivity contribution in [2.75, 3.05) is 13.1 Å². The van der Waals surface area contributed by atoms with Crippen molar-refractivity contribution < 1.29 is 0 Å². The predicted octanol–water partition coefficient (Wildman–Crippen LogP) is 3.68. The molecule has 0 aliphatic carbocycles. The predicted molar refractivity (Wildman–Crippen MR) is 82.0 cm³/mol. The van der Waals surface area contributed by atoms with Gasteiger partial charge in [-0.3, -0.25) is 0 Å². The van der Waals surface area contributed by atoms with E-state index in [1.807, 2.05) is 6.07 Å². The zero-order valence-corrected chi connectivity index (χ0v) is 12.4. The molecule has 1 fully saturated rings. The first-order valence-corrected chi connectivity index (χ1v) is 7.48. The van der Waals surface area contributed by atoms with Gasteiger partial charge in [0, 0.05) is 28.7 Å². The molecule has 1 N–H and O–H groups in total. The van der Waals surface area contributed by atoms with Crippen LogP contribution in [0.25, 0.3) is 10.9 Å². The molecule has 0 saturated carbocycles. The molecule has 0 amide bonds. The molecule has 2 aromatic rings. The van der Waals surface area contributed by atoms with Crippen LogP contribution in [0.3, 0.4) is 0 Å². The number of fused-ring (bicyclic) bond motifs is 1. The largest absolute Gasteiger partial charge is 0.348 e. The number of rotatable bonds is 2. The molecule has 2 nitrogen and oxygen atoms in total. The van der Waals surface area contributed by atoms with E-state index in [1.165, 1.54) is 41.4 Å². The number of aryl methyl sites for hydroxylation is 1. The highest BCUT2D eigenvalue weighted by Gasteiger charge is 2.18. The lowest BCUT2D eigenvalue weighted by atomic mass is 9.90. The lowest BCUT2D eigenvalue weighted by molar-refractivity contribution is 0.373. The minimum atomic E-state index is 0.810. The van der Waals surface area contributed by atoms with Crippen LogP contribution in [0.1, 0.15) is 24.1 Å². The van der Waals surface area contributed by atoms with Crippen LogP contribution in [0, 0.1) is 12.8 Å². The summed E-state index contributed by atoms with van der Waals surface area (Å²) in [5.41, 5.74) is 4.17.